The first-order valence-electron chi connectivity index (χ1n) is 6.80. The van der Waals surface area contributed by atoms with Gasteiger partial charge in [-0.1, -0.05) is 29.8 Å². The molecule has 0 aliphatic heterocycles. The Labute approximate surface area is 115 Å². The van der Waals surface area contributed by atoms with Crippen molar-refractivity contribution < 1.29 is 4.79 Å². The van der Waals surface area contributed by atoms with E-state index in [-0.39, 0.29) is 11.6 Å². The molecule has 1 fully saturated rings. The molecule has 0 bridgehead atoms. The van der Waals surface area contributed by atoms with E-state index in [1.807, 2.05) is 19.0 Å². The molecule has 0 heterocycles. The van der Waals surface area contributed by atoms with Crippen LogP contribution in [0.2, 0.25) is 0 Å². The predicted molar refractivity (Wildman–Crippen MR) is 77.2 cm³/mol. The molecule has 2 rings (SSSR count). The summed E-state index contributed by atoms with van der Waals surface area (Å²) in [5.41, 5.74) is 2.33. The number of nitrogens with zero attached hydrogens (tertiary/aromatic N) is 1. The first-order valence-corrected chi connectivity index (χ1v) is 6.80. The summed E-state index contributed by atoms with van der Waals surface area (Å²) < 4.78 is 0. The lowest BCUT2D eigenvalue weighted by molar-refractivity contribution is 0.234. The van der Waals surface area contributed by atoms with Crippen LogP contribution in [0, 0.1) is 6.92 Å². The SMILES string of the molecule is Cc1ccc(C2(NC(=O)NCCN(C)C)CC2)cc1. The largest absolute Gasteiger partial charge is 0.337 e. The molecule has 1 saturated carbocycles. The minimum atomic E-state index is -0.129. The zero-order valence-corrected chi connectivity index (χ0v) is 12.0. The summed E-state index contributed by atoms with van der Waals surface area (Å²) in [5, 5.41) is 6.01. The molecule has 4 heteroatoms. The van der Waals surface area contributed by atoms with Crippen molar-refractivity contribution in [2.75, 3.05) is 27.2 Å². The first kappa shape index (κ1) is 13.9. The van der Waals surface area contributed by atoms with Gasteiger partial charge in [0.2, 0.25) is 0 Å². The van der Waals surface area contributed by atoms with E-state index in [0.29, 0.717) is 6.54 Å². The lowest BCUT2D eigenvalue weighted by Gasteiger charge is -2.19. The number of aryl methyl sites for hydroxylation is 1. The van der Waals surface area contributed by atoms with Gasteiger partial charge < -0.3 is 15.5 Å². The summed E-state index contributed by atoms with van der Waals surface area (Å²) in [6, 6.07) is 8.35. The van der Waals surface area contributed by atoms with Gasteiger partial charge in [-0.2, -0.15) is 0 Å². The average Bonchev–Trinajstić information content (AvgIpc) is 3.10. The zero-order valence-electron chi connectivity index (χ0n) is 12.0. The summed E-state index contributed by atoms with van der Waals surface area (Å²) in [4.78, 5) is 13.9. The Morgan fingerprint density at radius 2 is 1.89 bits per heavy atom. The third kappa shape index (κ3) is 3.70. The Morgan fingerprint density at radius 3 is 2.42 bits per heavy atom. The topological polar surface area (TPSA) is 44.4 Å². The van der Waals surface area contributed by atoms with Crippen LogP contribution in [0.15, 0.2) is 24.3 Å². The van der Waals surface area contributed by atoms with Crippen molar-refractivity contribution >= 4 is 6.03 Å². The van der Waals surface area contributed by atoms with Crippen LogP contribution in [0.1, 0.15) is 24.0 Å². The van der Waals surface area contributed by atoms with Crippen molar-refractivity contribution in [1.82, 2.24) is 15.5 Å². The standard InChI is InChI=1S/C15H23N3O/c1-12-4-6-13(7-5-12)15(8-9-15)17-14(19)16-10-11-18(2)3/h4-7H,8-11H2,1-3H3,(H2,16,17,19). The molecule has 0 saturated heterocycles. The molecule has 0 aromatic heterocycles. The second kappa shape index (κ2) is 5.61. The minimum absolute atomic E-state index is 0.0695. The first-order chi connectivity index (χ1) is 9.02. The lowest BCUT2D eigenvalue weighted by atomic mass is 10.0. The van der Waals surface area contributed by atoms with E-state index in [1.165, 1.54) is 11.1 Å². The quantitative estimate of drug-likeness (QED) is 0.849. The Bertz CT molecular complexity index is 435. The molecule has 104 valence electrons. The van der Waals surface area contributed by atoms with Gasteiger partial charge in [0, 0.05) is 13.1 Å². The number of benzene rings is 1. The molecule has 2 N–H and O–H groups in total. The minimum Gasteiger partial charge on any atom is -0.337 e. The van der Waals surface area contributed by atoms with Gasteiger partial charge in [0.1, 0.15) is 0 Å². The Hall–Kier alpha value is -1.55. The third-order valence-electron chi connectivity index (χ3n) is 3.55. The summed E-state index contributed by atoms with van der Waals surface area (Å²) >= 11 is 0. The molecule has 1 aromatic rings. The second-order valence-corrected chi connectivity index (χ2v) is 5.63. The van der Waals surface area contributed by atoms with Crippen LogP contribution in [0.25, 0.3) is 0 Å². The van der Waals surface area contributed by atoms with Crippen LogP contribution >= 0.6 is 0 Å². The van der Waals surface area contributed by atoms with Crippen molar-refractivity contribution in [3.05, 3.63) is 35.4 Å². The molecular formula is C15H23N3O. The van der Waals surface area contributed by atoms with Gasteiger partial charge in [-0.15, -0.1) is 0 Å². The third-order valence-corrected chi connectivity index (χ3v) is 3.55. The second-order valence-electron chi connectivity index (χ2n) is 5.63. The van der Waals surface area contributed by atoms with Gasteiger partial charge >= 0.3 is 6.03 Å². The van der Waals surface area contributed by atoms with Gasteiger partial charge in [0.25, 0.3) is 0 Å². The molecular weight excluding hydrogens is 238 g/mol. The lowest BCUT2D eigenvalue weighted by Crippen LogP contribution is -2.44. The molecule has 2 amide bonds. The van der Waals surface area contributed by atoms with Crippen molar-refractivity contribution in [1.29, 1.82) is 0 Å². The maximum atomic E-state index is 11.9. The molecule has 4 nitrogen and oxygen atoms in total. The Morgan fingerprint density at radius 1 is 1.26 bits per heavy atom. The smallest absolute Gasteiger partial charge is 0.315 e. The number of carbonyl (C=O) groups is 1. The molecule has 1 aliphatic rings. The highest BCUT2D eigenvalue weighted by Crippen LogP contribution is 2.45. The van der Waals surface area contributed by atoms with E-state index >= 15 is 0 Å². The summed E-state index contributed by atoms with van der Waals surface area (Å²) in [6.45, 7) is 3.60. The number of likely N-dealkylation sites (N-methyl/N-ethyl adjacent to an activating group) is 1. The van der Waals surface area contributed by atoms with Crippen molar-refractivity contribution in [2.45, 2.75) is 25.3 Å². The number of rotatable bonds is 5. The van der Waals surface area contributed by atoms with Crippen molar-refractivity contribution in [2.24, 2.45) is 0 Å². The number of carbonyl (C=O) groups excluding carboxylic acids is 1. The highest BCUT2D eigenvalue weighted by Gasteiger charge is 2.45. The van der Waals surface area contributed by atoms with Crippen LogP contribution in [0.3, 0.4) is 0 Å². The van der Waals surface area contributed by atoms with Crippen LogP contribution in [-0.2, 0) is 5.54 Å². The maximum absolute atomic E-state index is 11.9. The van der Waals surface area contributed by atoms with Crippen molar-refractivity contribution in [3.63, 3.8) is 0 Å². The van der Waals surface area contributed by atoms with E-state index in [0.717, 1.165) is 19.4 Å². The monoisotopic (exact) mass is 261 g/mol. The predicted octanol–water partition coefficient (Wildman–Crippen LogP) is 1.84. The highest BCUT2D eigenvalue weighted by atomic mass is 16.2. The van der Waals surface area contributed by atoms with Gasteiger partial charge in [0.15, 0.2) is 0 Å². The van der Waals surface area contributed by atoms with Crippen LogP contribution in [0.4, 0.5) is 4.79 Å². The van der Waals surface area contributed by atoms with Crippen LogP contribution in [0.5, 0.6) is 0 Å². The highest BCUT2D eigenvalue weighted by molar-refractivity contribution is 5.75. The van der Waals surface area contributed by atoms with E-state index in [4.69, 9.17) is 0 Å². The van der Waals surface area contributed by atoms with E-state index in [2.05, 4.69) is 41.8 Å². The fraction of sp³-hybridized carbons (Fsp3) is 0.533. The number of urea groups is 1. The molecule has 0 atom stereocenters. The van der Waals surface area contributed by atoms with Crippen LogP contribution in [-0.4, -0.2) is 38.1 Å². The fourth-order valence-electron chi connectivity index (χ4n) is 2.14. The molecule has 1 aliphatic carbocycles. The van der Waals surface area contributed by atoms with Gasteiger partial charge in [0.05, 0.1) is 5.54 Å². The summed E-state index contributed by atoms with van der Waals surface area (Å²) in [6.07, 6.45) is 2.05. The van der Waals surface area contributed by atoms with Crippen molar-refractivity contribution in [3.8, 4) is 0 Å². The molecule has 0 unspecified atom stereocenters. The van der Waals surface area contributed by atoms with E-state index < -0.39 is 0 Å². The number of hydrogen-bond acceptors (Lipinski definition) is 2. The Balaban J connectivity index is 1.87. The van der Waals surface area contributed by atoms with E-state index in [9.17, 15) is 4.79 Å². The number of hydrogen-bond donors (Lipinski definition) is 2. The summed E-state index contributed by atoms with van der Waals surface area (Å²) in [5.74, 6) is 0. The molecule has 19 heavy (non-hydrogen) atoms. The van der Waals surface area contributed by atoms with E-state index in [1.54, 1.807) is 0 Å². The van der Waals surface area contributed by atoms with Gasteiger partial charge in [-0.25, -0.2) is 4.79 Å². The zero-order chi connectivity index (χ0) is 13.9. The van der Waals surface area contributed by atoms with Gasteiger partial charge in [-0.3, -0.25) is 0 Å². The number of amides is 2. The summed E-state index contributed by atoms with van der Waals surface area (Å²) in [7, 11) is 3.99. The molecule has 1 aromatic carbocycles. The van der Waals surface area contributed by atoms with Gasteiger partial charge in [-0.05, 0) is 39.4 Å². The average molecular weight is 261 g/mol. The Kier molecular flexibility index (Phi) is 4.10. The molecule has 0 spiro atoms. The van der Waals surface area contributed by atoms with Crippen LogP contribution < -0.4 is 10.6 Å². The fourth-order valence-corrected chi connectivity index (χ4v) is 2.14. The number of nitrogens with one attached hydrogen (secondary N) is 2. The normalized spacial score (nSPS) is 16.2. The maximum Gasteiger partial charge on any atom is 0.315 e. The molecule has 0 radical (unpaired) electrons.